The number of hydrogen-bond donors (Lipinski definition) is 0. The van der Waals surface area contributed by atoms with E-state index in [4.69, 9.17) is 11.6 Å². The van der Waals surface area contributed by atoms with Crippen molar-refractivity contribution in [1.29, 1.82) is 0 Å². The van der Waals surface area contributed by atoms with Crippen LogP contribution in [0.15, 0.2) is 18.2 Å². The third kappa shape index (κ3) is 4.14. The molecule has 3 nitrogen and oxygen atoms in total. The lowest BCUT2D eigenvalue weighted by molar-refractivity contribution is -0.123. The van der Waals surface area contributed by atoms with Crippen molar-refractivity contribution in [3.63, 3.8) is 0 Å². The molecule has 0 saturated heterocycles. The fourth-order valence-corrected chi connectivity index (χ4v) is 4.55. The maximum atomic E-state index is 13.0. The van der Waals surface area contributed by atoms with Gasteiger partial charge in [-0.05, 0) is 68.7 Å². The first-order valence-corrected chi connectivity index (χ1v) is 10.6. The Morgan fingerprint density at radius 2 is 1.96 bits per heavy atom. The quantitative estimate of drug-likeness (QED) is 0.494. The molecular formula is C22H30ClNO2. The molecule has 1 aliphatic heterocycles. The van der Waals surface area contributed by atoms with E-state index in [0.29, 0.717) is 5.56 Å². The molecule has 142 valence electrons. The van der Waals surface area contributed by atoms with Crippen LogP contribution in [0.1, 0.15) is 74.7 Å². The summed E-state index contributed by atoms with van der Waals surface area (Å²) in [7, 11) is 0. The Morgan fingerprint density at radius 3 is 2.62 bits per heavy atom. The molecule has 0 N–H and O–H groups in total. The van der Waals surface area contributed by atoms with Crippen LogP contribution >= 0.6 is 11.6 Å². The van der Waals surface area contributed by atoms with Crippen molar-refractivity contribution in [3.8, 4) is 0 Å². The molecule has 0 bridgehead atoms. The van der Waals surface area contributed by atoms with Crippen molar-refractivity contribution in [1.82, 2.24) is 0 Å². The highest BCUT2D eigenvalue weighted by Crippen LogP contribution is 2.36. The summed E-state index contributed by atoms with van der Waals surface area (Å²) >= 11 is 5.92. The molecule has 0 spiro atoms. The van der Waals surface area contributed by atoms with Gasteiger partial charge < -0.3 is 4.90 Å². The van der Waals surface area contributed by atoms with E-state index in [1.165, 1.54) is 32.1 Å². The molecule has 3 rings (SSSR count). The number of amides is 1. The number of hydrogen-bond acceptors (Lipinski definition) is 2. The van der Waals surface area contributed by atoms with Crippen molar-refractivity contribution < 1.29 is 9.59 Å². The van der Waals surface area contributed by atoms with E-state index in [9.17, 15) is 9.59 Å². The SMILES string of the molecule is CCCCC1CCC(C(=O)N2CCc3cc(C(=O)C(C)Cl)ccc32)CC1. The Kier molecular flexibility index (Phi) is 6.39. The number of ketones is 1. The first kappa shape index (κ1) is 19.4. The Bertz CT molecular complexity index is 662. The molecule has 1 unspecified atom stereocenters. The smallest absolute Gasteiger partial charge is 0.230 e. The van der Waals surface area contributed by atoms with Gasteiger partial charge in [0.15, 0.2) is 5.78 Å². The predicted octanol–water partition coefficient (Wildman–Crippen LogP) is 5.38. The summed E-state index contributed by atoms with van der Waals surface area (Å²) in [4.78, 5) is 27.1. The summed E-state index contributed by atoms with van der Waals surface area (Å²) in [6.07, 6.45) is 9.15. The largest absolute Gasteiger partial charge is 0.312 e. The average Bonchev–Trinajstić information content (AvgIpc) is 3.08. The van der Waals surface area contributed by atoms with Gasteiger partial charge in [0.05, 0.1) is 5.38 Å². The topological polar surface area (TPSA) is 37.4 Å². The molecule has 2 aliphatic rings. The monoisotopic (exact) mass is 375 g/mol. The molecule has 0 aromatic heterocycles. The van der Waals surface area contributed by atoms with Gasteiger partial charge in [-0.15, -0.1) is 11.6 Å². The summed E-state index contributed by atoms with van der Waals surface area (Å²) in [5.41, 5.74) is 2.73. The van der Waals surface area contributed by atoms with Gasteiger partial charge in [-0.1, -0.05) is 26.2 Å². The number of halogens is 1. The molecule has 4 heteroatoms. The maximum Gasteiger partial charge on any atom is 0.230 e. The molecular weight excluding hydrogens is 346 g/mol. The molecule has 1 saturated carbocycles. The van der Waals surface area contributed by atoms with E-state index in [1.54, 1.807) is 6.92 Å². The summed E-state index contributed by atoms with van der Waals surface area (Å²) in [6, 6.07) is 5.67. The summed E-state index contributed by atoms with van der Waals surface area (Å²) in [5.74, 6) is 1.21. The summed E-state index contributed by atoms with van der Waals surface area (Å²) in [6.45, 7) is 4.68. The van der Waals surface area contributed by atoms with Gasteiger partial charge in [0.2, 0.25) is 5.91 Å². The van der Waals surface area contributed by atoms with Crippen LogP contribution in [0.5, 0.6) is 0 Å². The van der Waals surface area contributed by atoms with Crippen molar-refractivity contribution >= 4 is 29.0 Å². The van der Waals surface area contributed by atoms with Crippen LogP contribution in [-0.2, 0) is 11.2 Å². The molecule has 1 amide bonds. The highest BCUT2D eigenvalue weighted by atomic mass is 35.5. The molecule has 1 aromatic carbocycles. The molecule has 0 radical (unpaired) electrons. The molecule has 1 aliphatic carbocycles. The fraction of sp³-hybridized carbons (Fsp3) is 0.636. The van der Waals surface area contributed by atoms with Crippen molar-refractivity contribution in [2.24, 2.45) is 11.8 Å². The first-order chi connectivity index (χ1) is 12.5. The number of fused-ring (bicyclic) bond motifs is 1. The van der Waals surface area contributed by atoms with Gasteiger partial charge in [-0.2, -0.15) is 0 Å². The minimum absolute atomic E-state index is 0.0513. The molecule has 1 aromatic rings. The number of benzene rings is 1. The number of carbonyl (C=O) groups is 2. The number of alkyl halides is 1. The second-order valence-electron chi connectivity index (χ2n) is 7.92. The van der Waals surface area contributed by atoms with Crippen molar-refractivity contribution in [2.45, 2.75) is 70.6 Å². The van der Waals surface area contributed by atoms with Crippen LogP contribution < -0.4 is 4.90 Å². The van der Waals surface area contributed by atoms with Gasteiger partial charge >= 0.3 is 0 Å². The molecule has 26 heavy (non-hydrogen) atoms. The second kappa shape index (κ2) is 8.56. The van der Waals surface area contributed by atoms with Crippen LogP contribution in [-0.4, -0.2) is 23.6 Å². The highest BCUT2D eigenvalue weighted by molar-refractivity contribution is 6.33. The zero-order valence-electron chi connectivity index (χ0n) is 16.0. The third-order valence-corrected chi connectivity index (χ3v) is 6.25. The lowest BCUT2D eigenvalue weighted by Gasteiger charge is -2.30. The minimum Gasteiger partial charge on any atom is -0.312 e. The Balaban J connectivity index is 1.64. The first-order valence-electron chi connectivity index (χ1n) is 10.1. The minimum atomic E-state index is -0.518. The number of nitrogens with zero attached hydrogens (tertiary/aromatic N) is 1. The summed E-state index contributed by atoms with van der Waals surface area (Å²) in [5, 5.41) is -0.518. The molecule has 1 fully saturated rings. The molecule has 1 atom stereocenters. The van der Waals surface area contributed by atoms with E-state index in [-0.39, 0.29) is 17.6 Å². The van der Waals surface area contributed by atoms with Crippen LogP contribution in [0.3, 0.4) is 0 Å². The summed E-state index contributed by atoms with van der Waals surface area (Å²) < 4.78 is 0. The van der Waals surface area contributed by atoms with Crippen LogP contribution in [0.2, 0.25) is 0 Å². The van der Waals surface area contributed by atoms with E-state index < -0.39 is 5.38 Å². The van der Waals surface area contributed by atoms with Gasteiger partial charge in [-0.25, -0.2) is 0 Å². The lowest BCUT2D eigenvalue weighted by Crippen LogP contribution is -2.36. The average molecular weight is 376 g/mol. The van der Waals surface area contributed by atoms with Crippen LogP contribution in [0.4, 0.5) is 5.69 Å². The van der Waals surface area contributed by atoms with Gasteiger partial charge in [0.25, 0.3) is 0 Å². The second-order valence-corrected chi connectivity index (χ2v) is 8.58. The van der Waals surface area contributed by atoms with Crippen molar-refractivity contribution in [2.75, 3.05) is 11.4 Å². The normalized spacial score (nSPS) is 23.6. The fourth-order valence-electron chi connectivity index (χ4n) is 4.42. The maximum absolute atomic E-state index is 13.0. The van der Waals surface area contributed by atoms with Crippen LogP contribution in [0, 0.1) is 11.8 Å². The zero-order valence-corrected chi connectivity index (χ0v) is 16.7. The third-order valence-electron chi connectivity index (χ3n) is 6.05. The van der Waals surface area contributed by atoms with E-state index >= 15 is 0 Å². The Hall–Kier alpha value is -1.35. The van der Waals surface area contributed by atoms with Crippen molar-refractivity contribution in [3.05, 3.63) is 29.3 Å². The number of unbranched alkanes of at least 4 members (excludes halogenated alkanes) is 1. The lowest BCUT2D eigenvalue weighted by atomic mass is 9.79. The van der Waals surface area contributed by atoms with Gasteiger partial charge in [0.1, 0.15) is 0 Å². The zero-order chi connectivity index (χ0) is 18.7. The van der Waals surface area contributed by atoms with Gasteiger partial charge in [0, 0.05) is 23.7 Å². The number of Topliss-reactive ketones (excluding diaryl/α,β-unsaturated/α-hetero) is 1. The van der Waals surface area contributed by atoms with Crippen LogP contribution in [0.25, 0.3) is 0 Å². The number of anilines is 1. The van der Waals surface area contributed by atoms with E-state index in [1.807, 2.05) is 23.1 Å². The molecule has 1 heterocycles. The standard InChI is InChI=1S/C22H30ClNO2/c1-3-4-5-16-6-8-17(9-7-16)22(26)24-13-12-18-14-19(10-11-20(18)24)21(25)15(2)23/h10-11,14-17H,3-9,12-13H2,1-2H3. The Labute approximate surface area is 162 Å². The van der Waals surface area contributed by atoms with E-state index in [2.05, 4.69) is 6.92 Å². The number of carbonyl (C=O) groups excluding carboxylic acids is 2. The van der Waals surface area contributed by atoms with E-state index in [0.717, 1.165) is 43.0 Å². The predicted molar refractivity (Wildman–Crippen MR) is 107 cm³/mol. The Morgan fingerprint density at radius 1 is 1.23 bits per heavy atom. The van der Waals surface area contributed by atoms with Gasteiger partial charge in [-0.3, -0.25) is 9.59 Å². The highest BCUT2D eigenvalue weighted by Gasteiger charge is 2.33. The number of rotatable bonds is 6.